The van der Waals surface area contributed by atoms with Gasteiger partial charge in [0.05, 0.1) is 24.1 Å². The van der Waals surface area contributed by atoms with Crippen molar-refractivity contribution in [1.29, 1.82) is 0 Å². The summed E-state index contributed by atoms with van der Waals surface area (Å²) in [6, 6.07) is 10.7. The van der Waals surface area contributed by atoms with Crippen LogP contribution in [0, 0.1) is 0 Å². The monoisotopic (exact) mass is 400 g/mol. The zero-order valence-corrected chi connectivity index (χ0v) is 16.3. The van der Waals surface area contributed by atoms with Gasteiger partial charge < -0.3 is 9.30 Å². The van der Waals surface area contributed by atoms with E-state index in [1.165, 1.54) is 11.3 Å². The summed E-state index contributed by atoms with van der Waals surface area (Å²) in [5.74, 6) is 0.480. The number of ether oxygens (including phenoxy) is 1. The molecule has 0 radical (unpaired) electrons. The van der Waals surface area contributed by atoms with Gasteiger partial charge in [0.25, 0.3) is 0 Å². The van der Waals surface area contributed by atoms with Crippen LogP contribution in [-0.4, -0.2) is 35.0 Å². The summed E-state index contributed by atoms with van der Waals surface area (Å²) in [4.78, 5) is 13.8. The van der Waals surface area contributed by atoms with Crippen LogP contribution in [0.3, 0.4) is 0 Å². The first-order valence-electron chi connectivity index (χ1n) is 8.06. The molecule has 9 heteroatoms. The van der Waals surface area contributed by atoms with Crippen LogP contribution >= 0.6 is 11.3 Å². The molecule has 1 aromatic carbocycles. The molecule has 0 N–H and O–H groups in total. The second kappa shape index (κ2) is 6.75. The lowest BCUT2D eigenvalue weighted by atomic mass is 10.2. The molecule has 0 atom stereocenters. The van der Waals surface area contributed by atoms with Crippen molar-refractivity contribution in [3.8, 4) is 16.3 Å². The summed E-state index contributed by atoms with van der Waals surface area (Å²) < 4.78 is 32.8. The van der Waals surface area contributed by atoms with Gasteiger partial charge in [-0.1, -0.05) is 18.2 Å². The fraction of sp³-hybridized carbons (Fsp3) is 0.167. The maximum Gasteiger partial charge on any atom is 0.250 e. The van der Waals surface area contributed by atoms with Gasteiger partial charge in [-0.2, -0.15) is 4.98 Å². The van der Waals surface area contributed by atoms with Crippen molar-refractivity contribution < 1.29 is 13.2 Å². The molecule has 4 rings (SSSR count). The molecule has 4 aromatic rings. The van der Waals surface area contributed by atoms with Gasteiger partial charge in [-0.3, -0.25) is 0 Å². The lowest BCUT2D eigenvalue weighted by Gasteiger charge is -2.07. The molecular weight excluding hydrogens is 384 g/mol. The average molecular weight is 400 g/mol. The quantitative estimate of drug-likeness (QED) is 0.479. The number of fused-ring (bicyclic) bond motifs is 1. The van der Waals surface area contributed by atoms with Gasteiger partial charge >= 0.3 is 0 Å². The van der Waals surface area contributed by atoms with E-state index < -0.39 is 9.84 Å². The Morgan fingerprint density at radius 3 is 2.59 bits per heavy atom. The Labute approximate surface area is 160 Å². The van der Waals surface area contributed by atoms with Gasteiger partial charge in [0.1, 0.15) is 17.0 Å². The highest BCUT2D eigenvalue weighted by atomic mass is 32.2. The van der Waals surface area contributed by atoms with Gasteiger partial charge in [-0.15, -0.1) is 11.3 Å². The minimum atomic E-state index is -3.73. The molecule has 3 heterocycles. The van der Waals surface area contributed by atoms with E-state index in [1.807, 2.05) is 17.5 Å². The Kier molecular flexibility index (Phi) is 4.40. The third kappa shape index (κ3) is 3.31. The standard InChI is InChI=1S/C18H16N4O3S2/c1-22-11-19-16-15(14-4-3-9-26-14)20-18(21-17(16)22)27(23,24)10-12-5-7-13(25-2)8-6-12/h3-9,11H,10H2,1-2H3. The van der Waals surface area contributed by atoms with E-state index in [9.17, 15) is 8.42 Å². The highest BCUT2D eigenvalue weighted by Crippen LogP contribution is 2.30. The molecule has 3 aromatic heterocycles. The van der Waals surface area contributed by atoms with Crippen molar-refractivity contribution in [2.45, 2.75) is 10.9 Å². The van der Waals surface area contributed by atoms with Crippen molar-refractivity contribution in [3.05, 3.63) is 53.7 Å². The first-order chi connectivity index (χ1) is 13.0. The van der Waals surface area contributed by atoms with Crippen LogP contribution in [0.1, 0.15) is 5.56 Å². The summed E-state index contributed by atoms with van der Waals surface area (Å²) in [6.07, 6.45) is 1.61. The fourth-order valence-electron chi connectivity index (χ4n) is 2.72. The minimum Gasteiger partial charge on any atom is -0.497 e. The second-order valence-electron chi connectivity index (χ2n) is 5.97. The molecule has 0 amide bonds. The number of thiophene rings is 1. The molecular formula is C18H16N4O3S2. The molecule has 0 spiro atoms. The van der Waals surface area contributed by atoms with Crippen LogP contribution in [0.5, 0.6) is 5.75 Å². The molecule has 0 unspecified atom stereocenters. The van der Waals surface area contributed by atoms with Gasteiger partial charge in [-0.25, -0.2) is 18.4 Å². The van der Waals surface area contributed by atoms with Gasteiger partial charge in [0.2, 0.25) is 15.0 Å². The maximum absolute atomic E-state index is 13.0. The highest BCUT2D eigenvalue weighted by Gasteiger charge is 2.24. The average Bonchev–Trinajstić information content (AvgIpc) is 3.32. The van der Waals surface area contributed by atoms with Crippen LogP contribution in [0.4, 0.5) is 0 Å². The first kappa shape index (κ1) is 17.6. The zero-order valence-electron chi connectivity index (χ0n) is 14.7. The predicted octanol–water partition coefficient (Wildman–Crippen LogP) is 3.07. The fourth-order valence-corrected chi connectivity index (χ4v) is 4.65. The smallest absolute Gasteiger partial charge is 0.250 e. The third-order valence-electron chi connectivity index (χ3n) is 4.09. The van der Waals surface area contributed by atoms with Crippen molar-refractivity contribution in [1.82, 2.24) is 19.5 Å². The first-order valence-corrected chi connectivity index (χ1v) is 10.6. The maximum atomic E-state index is 13.0. The molecule has 0 aliphatic heterocycles. The highest BCUT2D eigenvalue weighted by molar-refractivity contribution is 7.90. The van der Waals surface area contributed by atoms with E-state index in [0.717, 1.165) is 4.88 Å². The molecule has 0 fully saturated rings. The largest absolute Gasteiger partial charge is 0.497 e. The van der Waals surface area contributed by atoms with Crippen molar-refractivity contribution in [2.75, 3.05) is 7.11 Å². The van der Waals surface area contributed by atoms with E-state index in [-0.39, 0.29) is 10.9 Å². The zero-order chi connectivity index (χ0) is 19.0. The number of aryl methyl sites for hydroxylation is 1. The second-order valence-corrected chi connectivity index (χ2v) is 8.80. The molecule has 27 heavy (non-hydrogen) atoms. The summed E-state index contributed by atoms with van der Waals surface area (Å²) in [6.45, 7) is 0. The topological polar surface area (TPSA) is 87.0 Å². The number of hydrogen-bond donors (Lipinski definition) is 0. The number of rotatable bonds is 5. The number of imidazole rings is 1. The van der Waals surface area contributed by atoms with E-state index in [2.05, 4.69) is 15.0 Å². The Morgan fingerprint density at radius 2 is 1.93 bits per heavy atom. The molecule has 0 bridgehead atoms. The van der Waals surface area contributed by atoms with Crippen molar-refractivity contribution in [2.24, 2.45) is 7.05 Å². The SMILES string of the molecule is COc1ccc(CS(=O)(=O)c2nc(-c3cccs3)c3ncn(C)c3n2)cc1. The Balaban J connectivity index is 1.81. The molecule has 0 aliphatic rings. The lowest BCUT2D eigenvalue weighted by Crippen LogP contribution is -2.11. The number of sulfone groups is 1. The number of hydrogen-bond acceptors (Lipinski definition) is 7. The van der Waals surface area contributed by atoms with Gasteiger partial charge in [0.15, 0.2) is 5.65 Å². The molecule has 0 saturated heterocycles. The van der Waals surface area contributed by atoms with E-state index in [4.69, 9.17) is 4.74 Å². The minimum absolute atomic E-state index is 0.190. The van der Waals surface area contributed by atoms with Crippen LogP contribution in [0.25, 0.3) is 21.7 Å². The molecule has 138 valence electrons. The Bertz CT molecular complexity index is 1200. The third-order valence-corrected chi connectivity index (χ3v) is 6.42. The molecule has 7 nitrogen and oxygen atoms in total. The summed E-state index contributed by atoms with van der Waals surface area (Å²) in [5, 5.41) is 1.72. The number of methoxy groups -OCH3 is 1. The molecule has 0 aliphatic carbocycles. The number of benzene rings is 1. The predicted molar refractivity (Wildman–Crippen MR) is 104 cm³/mol. The Hall–Kier alpha value is -2.78. The lowest BCUT2D eigenvalue weighted by molar-refractivity contribution is 0.414. The number of aromatic nitrogens is 4. The van der Waals surface area contributed by atoms with E-state index in [0.29, 0.717) is 28.2 Å². The summed E-state index contributed by atoms with van der Waals surface area (Å²) >= 11 is 1.48. The van der Waals surface area contributed by atoms with Crippen LogP contribution in [-0.2, 0) is 22.6 Å². The van der Waals surface area contributed by atoms with E-state index >= 15 is 0 Å². The molecule has 0 saturated carbocycles. The van der Waals surface area contributed by atoms with Crippen molar-refractivity contribution in [3.63, 3.8) is 0 Å². The normalized spacial score (nSPS) is 11.8. The van der Waals surface area contributed by atoms with E-state index in [1.54, 1.807) is 49.3 Å². The van der Waals surface area contributed by atoms with Crippen LogP contribution in [0.15, 0.2) is 53.3 Å². The van der Waals surface area contributed by atoms with Crippen LogP contribution < -0.4 is 4.74 Å². The summed E-state index contributed by atoms with van der Waals surface area (Å²) in [5.41, 5.74) is 2.25. The van der Waals surface area contributed by atoms with Crippen LogP contribution in [0.2, 0.25) is 0 Å². The van der Waals surface area contributed by atoms with Crippen molar-refractivity contribution >= 4 is 32.3 Å². The van der Waals surface area contributed by atoms with Gasteiger partial charge in [0, 0.05) is 7.05 Å². The van der Waals surface area contributed by atoms with Gasteiger partial charge in [-0.05, 0) is 29.1 Å². The Morgan fingerprint density at radius 1 is 1.15 bits per heavy atom. The summed E-state index contributed by atoms with van der Waals surface area (Å²) in [7, 11) is -0.390. The number of nitrogens with zero attached hydrogens (tertiary/aromatic N) is 4.